The number of hydrogen-bond acceptors (Lipinski definition) is 3. The molecule has 1 heterocycles. The first-order valence-corrected chi connectivity index (χ1v) is 7.81. The third-order valence-electron chi connectivity index (χ3n) is 3.59. The van der Waals surface area contributed by atoms with Crippen molar-refractivity contribution in [3.8, 4) is 0 Å². The molecule has 1 fully saturated rings. The quantitative estimate of drug-likeness (QED) is 0.775. The van der Waals surface area contributed by atoms with E-state index >= 15 is 0 Å². The van der Waals surface area contributed by atoms with Crippen molar-refractivity contribution in [3.63, 3.8) is 0 Å². The number of hydrogen-bond donors (Lipinski definition) is 0. The average molecular weight is 365 g/mol. The van der Waals surface area contributed by atoms with Crippen LogP contribution in [-0.2, 0) is 10.9 Å². The number of halogens is 4. The van der Waals surface area contributed by atoms with Crippen molar-refractivity contribution in [2.75, 3.05) is 38.7 Å². The summed E-state index contributed by atoms with van der Waals surface area (Å²) in [5.41, 5.74) is -1.35. The van der Waals surface area contributed by atoms with Crippen LogP contribution in [0.25, 0.3) is 0 Å². The Labute approximate surface area is 141 Å². The first-order chi connectivity index (χ1) is 11.3. The van der Waals surface area contributed by atoms with Gasteiger partial charge >= 0.3 is 12.3 Å². The predicted molar refractivity (Wildman–Crippen MR) is 81.0 cm³/mol. The summed E-state index contributed by atoms with van der Waals surface area (Å²) < 4.78 is 43.9. The molecule has 5 nitrogen and oxygen atoms in total. The Hall–Kier alpha value is -1.96. The molecule has 2 amide bonds. The van der Waals surface area contributed by atoms with E-state index in [0.29, 0.717) is 0 Å². The number of alkyl halides is 4. The lowest BCUT2D eigenvalue weighted by Crippen LogP contribution is -2.51. The molecule has 0 radical (unpaired) electrons. The lowest BCUT2D eigenvalue weighted by Gasteiger charge is -2.34. The molecule has 0 aliphatic carbocycles. The minimum atomic E-state index is -4.60. The molecular weight excluding hydrogens is 349 g/mol. The lowest BCUT2D eigenvalue weighted by atomic mass is 10.1. The van der Waals surface area contributed by atoms with Gasteiger partial charge in [-0.2, -0.15) is 13.2 Å². The van der Waals surface area contributed by atoms with E-state index in [2.05, 4.69) is 0 Å². The zero-order chi connectivity index (χ0) is 17.7. The van der Waals surface area contributed by atoms with Gasteiger partial charge in [0.05, 0.1) is 17.0 Å². The molecule has 0 bridgehead atoms. The summed E-state index contributed by atoms with van der Waals surface area (Å²) in [5.74, 6) is -0.519. The summed E-state index contributed by atoms with van der Waals surface area (Å²) in [7, 11) is 0. The van der Waals surface area contributed by atoms with Gasteiger partial charge in [0.2, 0.25) is 0 Å². The molecule has 24 heavy (non-hydrogen) atoms. The van der Waals surface area contributed by atoms with Gasteiger partial charge < -0.3 is 14.5 Å². The van der Waals surface area contributed by atoms with E-state index < -0.39 is 23.7 Å². The number of piperazine rings is 1. The molecule has 1 aromatic carbocycles. The Morgan fingerprint density at radius 2 is 1.67 bits per heavy atom. The topological polar surface area (TPSA) is 49.9 Å². The van der Waals surface area contributed by atoms with Crippen molar-refractivity contribution in [2.45, 2.75) is 6.18 Å². The van der Waals surface area contributed by atoms with Crippen molar-refractivity contribution in [1.82, 2.24) is 9.80 Å². The maximum absolute atomic E-state index is 13.0. The third kappa shape index (κ3) is 4.31. The van der Waals surface area contributed by atoms with Crippen molar-refractivity contribution in [1.29, 1.82) is 0 Å². The Morgan fingerprint density at radius 3 is 2.25 bits per heavy atom. The fourth-order valence-corrected chi connectivity index (χ4v) is 2.47. The second-order valence-corrected chi connectivity index (χ2v) is 5.50. The lowest BCUT2D eigenvalue weighted by molar-refractivity contribution is -0.138. The highest BCUT2D eigenvalue weighted by Gasteiger charge is 2.36. The smallest absolute Gasteiger partial charge is 0.417 e. The largest absolute Gasteiger partial charge is 0.448 e. The molecule has 1 aliphatic rings. The monoisotopic (exact) mass is 364 g/mol. The summed E-state index contributed by atoms with van der Waals surface area (Å²) in [4.78, 5) is 26.8. The highest BCUT2D eigenvalue weighted by atomic mass is 35.5. The van der Waals surface area contributed by atoms with Crippen LogP contribution < -0.4 is 0 Å². The van der Waals surface area contributed by atoms with Crippen LogP contribution in [0, 0.1) is 0 Å². The molecule has 0 aromatic heterocycles. The molecule has 0 atom stereocenters. The predicted octanol–water partition coefficient (Wildman–Crippen LogP) is 2.84. The number of amides is 2. The summed E-state index contributed by atoms with van der Waals surface area (Å²) in [6.07, 6.45) is -5.14. The van der Waals surface area contributed by atoms with Gasteiger partial charge in [-0.1, -0.05) is 12.1 Å². The molecule has 0 unspecified atom stereocenters. The van der Waals surface area contributed by atoms with Gasteiger partial charge in [0.15, 0.2) is 0 Å². The van der Waals surface area contributed by atoms with Crippen molar-refractivity contribution >= 4 is 23.6 Å². The van der Waals surface area contributed by atoms with E-state index in [4.69, 9.17) is 16.3 Å². The summed E-state index contributed by atoms with van der Waals surface area (Å²) in [6, 6.07) is 4.67. The van der Waals surface area contributed by atoms with E-state index in [-0.39, 0.29) is 44.2 Å². The van der Waals surface area contributed by atoms with Gasteiger partial charge in [0.25, 0.3) is 5.91 Å². The maximum Gasteiger partial charge on any atom is 0.417 e. The molecular formula is C15H16ClF3N2O3. The molecule has 0 N–H and O–H groups in total. The van der Waals surface area contributed by atoms with Gasteiger partial charge in [0.1, 0.15) is 6.61 Å². The fourth-order valence-electron chi connectivity index (χ4n) is 2.40. The van der Waals surface area contributed by atoms with Gasteiger partial charge in [-0.3, -0.25) is 4.79 Å². The molecule has 9 heteroatoms. The first-order valence-electron chi connectivity index (χ1n) is 7.27. The van der Waals surface area contributed by atoms with Crippen molar-refractivity contribution < 1.29 is 27.5 Å². The molecule has 0 spiro atoms. The molecule has 132 valence electrons. The average Bonchev–Trinajstić information content (AvgIpc) is 2.58. The standard InChI is InChI=1S/C15H16ClF3N2O3/c16-5-10-24-14(23)21-8-6-20(7-9-21)13(22)11-3-1-2-4-12(11)15(17,18)19/h1-4H,5-10H2. The number of rotatable bonds is 3. The maximum atomic E-state index is 13.0. The van der Waals surface area contributed by atoms with E-state index in [0.717, 1.165) is 12.1 Å². The highest BCUT2D eigenvalue weighted by molar-refractivity contribution is 6.18. The van der Waals surface area contributed by atoms with E-state index in [1.54, 1.807) is 0 Å². The number of nitrogens with zero attached hydrogens (tertiary/aromatic N) is 2. The van der Waals surface area contributed by atoms with Gasteiger partial charge in [-0.05, 0) is 12.1 Å². The zero-order valence-electron chi connectivity index (χ0n) is 12.7. The van der Waals surface area contributed by atoms with Crippen LogP contribution in [0.5, 0.6) is 0 Å². The van der Waals surface area contributed by atoms with E-state index in [1.165, 1.54) is 21.9 Å². The van der Waals surface area contributed by atoms with Crippen LogP contribution in [0.15, 0.2) is 24.3 Å². The van der Waals surface area contributed by atoms with Gasteiger partial charge in [-0.25, -0.2) is 4.79 Å². The van der Waals surface area contributed by atoms with E-state index in [9.17, 15) is 22.8 Å². The Morgan fingerprint density at radius 1 is 1.08 bits per heavy atom. The second-order valence-electron chi connectivity index (χ2n) is 5.13. The highest BCUT2D eigenvalue weighted by Crippen LogP contribution is 2.32. The minimum Gasteiger partial charge on any atom is -0.448 e. The number of carbonyl (C=O) groups is 2. The zero-order valence-corrected chi connectivity index (χ0v) is 13.4. The number of carbonyl (C=O) groups excluding carboxylic acids is 2. The third-order valence-corrected chi connectivity index (χ3v) is 3.74. The molecule has 1 aromatic rings. The van der Waals surface area contributed by atoms with Crippen molar-refractivity contribution in [2.24, 2.45) is 0 Å². The Bertz CT molecular complexity index is 602. The van der Waals surface area contributed by atoms with Crippen LogP contribution in [0.4, 0.5) is 18.0 Å². The Balaban J connectivity index is 2.03. The first kappa shape index (κ1) is 18.4. The minimum absolute atomic E-state index is 0.0818. The summed E-state index contributed by atoms with van der Waals surface area (Å²) >= 11 is 5.43. The SMILES string of the molecule is O=C(OCCCl)N1CCN(C(=O)c2ccccc2C(F)(F)F)CC1. The Kier molecular flexibility index (Phi) is 5.93. The molecule has 2 rings (SSSR count). The van der Waals surface area contributed by atoms with Crippen LogP contribution >= 0.6 is 11.6 Å². The molecule has 1 aliphatic heterocycles. The molecule has 1 saturated heterocycles. The summed E-state index contributed by atoms with van der Waals surface area (Å²) in [5, 5.41) is 0. The van der Waals surface area contributed by atoms with E-state index in [1.807, 2.05) is 0 Å². The second kappa shape index (κ2) is 7.74. The van der Waals surface area contributed by atoms with Gasteiger partial charge in [-0.15, -0.1) is 11.6 Å². The van der Waals surface area contributed by atoms with Gasteiger partial charge in [0, 0.05) is 26.2 Å². The number of ether oxygens (including phenoxy) is 1. The van der Waals surface area contributed by atoms with Crippen LogP contribution in [-0.4, -0.2) is 60.5 Å². The summed E-state index contributed by atoms with van der Waals surface area (Å²) in [6.45, 7) is 0.753. The number of benzene rings is 1. The van der Waals surface area contributed by atoms with Crippen LogP contribution in [0.3, 0.4) is 0 Å². The molecule has 0 saturated carbocycles. The van der Waals surface area contributed by atoms with Crippen molar-refractivity contribution in [3.05, 3.63) is 35.4 Å². The van der Waals surface area contributed by atoms with Crippen LogP contribution in [0.2, 0.25) is 0 Å². The normalized spacial score (nSPS) is 15.3. The fraction of sp³-hybridized carbons (Fsp3) is 0.467. The van der Waals surface area contributed by atoms with Crippen LogP contribution in [0.1, 0.15) is 15.9 Å².